The van der Waals surface area contributed by atoms with Gasteiger partial charge in [0.25, 0.3) is 0 Å². The van der Waals surface area contributed by atoms with Crippen LogP contribution in [-0.4, -0.2) is 0 Å². The zero-order chi connectivity index (χ0) is 24.0. The molecular weight excluding hydrogens is 420 g/mol. The number of aryl methyl sites for hydroxylation is 1. The van der Waals surface area contributed by atoms with E-state index in [2.05, 4.69) is 142 Å². The van der Waals surface area contributed by atoms with E-state index in [1.807, 2.05) is 0 Å². The molecule has 0 nitrogen and oxygen atoms in total. The van der Waals surface area contributed by atoms with E-state index in [1.165, 1.54) is 55.6 Å². The van der Waals surface area contributed by atoms with Crippen LogP contribution in [0.1, 0.15) is 53.1 Å². The summed E-state index contributed by atoms with van der Waals surface area (Å²) in [4.78, 5) is 0. The van der Waals surface area contributed by atoms with Gasteiger partial charge in [0.2, 0.25) is 0 Å². The highest BCUT2D eigenvalue weighted by Gasteiger charge is 2.35. The number of hydrogen-bond donors (Lipinski definition) is 0. The molecule has 0 fully saturated rings. The molecule has 0 N–H and O–H groups in total. The average Bonchev–Trinajstić information content (AvgIpc) is 3.13. The summed E-state index contributed by atoms with van der Waals surface area (Å²) in [5.41, 5.74) is 13.4. The van der Waals surface area contributed by atoms with Gasteiger partial charge < -0.3 is 0 Å². The summed E-state index contributed by atoms with van der Waals surface area (Å²) in [6, 6.07) is 44.8. The minimum Gasteiger partial charge on any atom is -0.0622 e. The number of rotatable bonds is 4. The lowest BCUT2D eigenvalue weighted by molar-refractivity contribution is 0.659. The molecule has 170 valence electrons. The summed E-state index contributed by atoms with van der Waals surface area (Å²) in [6.45, 7) is 6.87. The SMILES string of the molecule is Cc1ccc(C(c2ccc(-c3ccccc3)cc2)c2ccc3c(c2)C(C)(C)c2ccccc2-3)cc1. The van der Waals surface area contributed by atoms with Gasteiger partial charge in [-0.05, 0) is 57.0 Å². The Morgan fingerprint density at radius 1 is 0.486 bits per heavy atom. The van der Waals surface area contributed by atoms with E-state index in [0.717, 1.165) is 0 Å². The van der Waals surface area contributed by atoms with E-state index in [0.29, 0.717) is 0 Å². The molecule has 1 atom stereocenters. The second-order valence-electron chi connectivity index (χ2n) is 10.3. The highest BCUT2D eigenvalue weighted by Crippen LogP contribution is 2.49. The normalized spacial score (nSPS) is 14.3. The number of benzene rings is 5. The van der Waals surface area contributed by atoms with Gasteiger partial charge in [0.1, 0.15) is 0 Å². The maximum Gasteiger partial charge on any atom is 0.0340 e. The molecule has 0 aliphatic heterocycles. The van der Waals surface area contributed by atoms with Crippen LogP contribution in [0, 0.1) is 6.92 Å². The highest BCUT2D eigenvalue weighted by molar-refractivity contribution is 5.81. The summed E-state index contributed by atoms with van der Waals surface area (Å²) in [6.07, 6.45) is 0. The van der Waals surface area contributed by atoms with E-state index < -0.39 is 0 Å². The van der Waals surface area contributed by atoms with Crippen LogP contribution in [0.15, 0.2) is 121 Å². The predicted molar refractivity (Wildman–Crippen MR) is 148 cm³/mol. The Bertz CT molecular complexity index is 1490. The quantitative estimate of drug-likeness (QED) is 0.239. The summed E-state index contributed by atoms with van der Waals surface area (Å²) in [5.74, 6) is 0.185. The molecule has 0 bridgehead atoms. The fourth-order valence-corrected chi connectivity index (χ4v) is 5.74. The Kier molecular flexibility index (Phi) is 5.19. The first kappa shape index (κ1) is 21.6. The van der Waals surface area contributed by atoms with Gasteiger partial charge in [-0.2, -0.15) is 0 Å². The van der Waals surface area contributed by atoms with E-state index in [9.17, 15) is 0 Å². The minimum atomic E-state index is -0.00305. The molecule has 0 heterocycles. The van der Waals surface area contributed by atoms with Crippen molar-refractivity contribution in [1.29, 1.82) is 0 Å². The molecule has 0 spiro atoms. The first-order valence-corrected chi connectivity index (χ1v) is 12.5. The maximum atomic E-state index is 2.46. The van der Waals surface area contributed by atoms with Crippen LogP contribution in [0.4, 0.5) is 0 Å². The van der Waals surface area contributed by atoms with E-state index >= 15 is 0 Å². The number of fused-ring (bicyclic) bond motifs is 3. The van der Waals surface area contributed by atoms with Crippen molar-refractivity contribution < 1.29 is 0 Å². The van der Waals surface area contributed by atoms with Crippen molar-refractivity contribution in [2.75, 3.05) is 0 Å². The van der Waals surface area contributed by atoms with Crippen molar-refractivity contribution in [1.82, 2.24) is 0 Å². The largest absolute Gasteiger partial charge is 0.0622 e. The van der Waals surface area contributed by atoms with Gasteiger partial charge in [-0.1, -0.05) is 141 Å². The Morgan fingerprint density at radius 3 is 1.74 bits per heavy atom. The average molecular weight is 451 g/mol. The Hall–Kier alpha value is -3.90. The second kappa shape index (κ2) is 8.40. The topological polar surface area (TPSA) is 0 Å². The molecule has 1 unspecified atom stereocenters. The third-order valence-electron chi connectivity index (χ3n) is 7.70. The molecule has 0 radical (unpaired) electrons. The van der Waals surface area contributed by atoms with Gasteiger partial charge in [0.15, 0.2) is 0 Å². The third kappa shape index (κ3) is 3.70. The first-order chi connectivity index (χ1) is 17.0. The van der Waals surface area contributed by atoms with Gasteiger partial charge >= 0.3 is 0 Å². The Balaban J connectivity index is 1.47. The van der Waals surface area contributed by atoms with Crippen LogP contribution in [0.2, 0.25) is 0 Å². The summed E-state index contributed by atoms with van der Waals surface area (Å²) >= 11 is 0. The molecule has 0 heteroatoms. The van der Waals surface area contributed by atoms with Crippen molar-refractivity contribution in [3.63, 3.8) is 0 Å². The molecule has 0 amide bonds. The van der Waals surface area contributed by atoms with Crippen molar-refractivity contribution in [2.45, 2.75) is 32.1 Å². The van der Waals surface area contributed by atoms with Gasteiger partial charge in [0, 0.05) is 11.3 Å². The molecule has 5 aromatic carbocycles. The van der Waals surface area contributed by atoms with Crippen LogP contribution in [0.25, 0.3) is 22.3 Å². The summed E-state index contributed by atoms with van der Waals surface area (Å²) in [5, 5.41) is 0. The lowest BCUT2D eigenvalue weighted by Crippen LogP contribution is -2.15. The smallest absolute Gasteiger partial charge is 0.0340 e. The van der Waals surface area contributed by atoms with Crippen LogP contribution < -0.4 is 0 Å². The molecule has 5 aromatic rings. The van der Waals surface area contributed by atoms with E-state index in [1.54, 1.807) is 0 Å². The van der Waals surface area contributed by atoms with Gasteiger partial charge in [-0.3, -0.25) is 0 Å². The van der Waals surface area contributed by atoms with Crippen LogP contribution in [0.3, 0.4) is 0 Å². The van der Waals surface area contributed by atoms with Crippen LogP contribution >= 0.6 is 0 Å². The van der Waals surface area contributed by atoms with Gasteiger partial charge in [-0.15, -0.1) is 0 Å². The zero-order valence-electron chi connectivity index (χ0n) is 20.6. The fraction of sp³-hybridized carbons (Fsp3) is 0.143. The monoisotopic (exact) mass is 450 g/mol. The molecule has 1 aliphatic rings. The molecule has 0 saturated heterocycles. The van der Waals surface area contributed by atoms with Crippen molar-refractivity contribution in [3.8, 4) is 22.3 Å². The number of hydrogen-bond acceptors (Lipinski definition) is 0. The van der Waals surface area contributed by atoms with Crippen molar-refractivity contribution in [2.24, 2.45) is 0 Å². The predicted octanol–water partition coefficient (Wildman–Crippen LogP) is 9.15. The first-order valence-electron chi connectivity index (χ1n) is 12.5. The molecule has 0 aromatic heterocycles. The second-order valence-corrected chi connectivity index (χ2v) is 10.3. The molecular formula is C35H30. The molecule has 35 heavy (non-hydrogen) atoms. The van der Waals surface area contributed by atoms with Gasteiger partial charge in [-0.25, -0.2) is 0 Å². The summed E-state index contributed by atoms with van der Waals surface area (Å²) in [7, 11) is 0. The lowest BCUT2D eigenvalue weighted by atomic mass is 9.79. The molecule has 1 aliphatic carbocycles. The van der Waals surface area contributed by atoms with Crippen LogP contribution in [-0.2, 0) is 5.41 Å². The molecule has 0 saturated carbocycles. The highest BCUT2D eigenvalue weighted by atomic mass is 14.4. The van der Waals surface area contributed by atoms with E-state index in [-0.39, 0.29) is 11.3 Å². The Labute approximate surface area is 208 Å². The fourth-order valence-electron chi connectivity index (χ4n) is 5.74. The minimum absolute atomic E-state index is 0.00305. The van der Waals surface area contributed by atoms with Crippen molar-refractivity contribution in [3.05, 3.63) is 155 Å². The van der Waals surface area contributed by atoms with Crippen LogP contribution in [0.5, 0.6) is 0 Å². The Morgan fingerprint density at radius 2 is 1.03 bits per heavy atom. The third-order valence-corrected chi connectivity index (χ3v) is 7.70. The standard InChI is InChI=1S/C35H30/c1-24-13-15-27(16-14-24)34(28-19-17-26(18-20-28)25-9-5-4-6-10-25)29-21-22-31-30-11-7-8-12-32(30)35(2,3)33(31)23-29/h4-23,34H,1-3H3. The molecule has 6 rings (SSSR count). The van der Waals surface area contributed by atoms with E-state index in [4.69, 9.17) is 0 Å². The van der Waals surface area contributed by atoms with Crippen molar-refractivity contribution >= 4 is 0 Å². The lowest BCUT2D eigenvalue weighted by Gasteiger charge is -2.25. The maximum absolute atomic E-state index is 2.46. The van der Waals surface area contributed by atoms with Gasteiger partial charge in [0.05, 0.1) is 0 Å². The zero-order valence-corrected chi connectivity index (χ0v) is 20.6. The summed E-state index contributed by atoms with van der Waals surface area (Å²) < 4.78 is 0.